The minimum atomic E-state index is -0.709. The van der Waals surface area contributed by atoms with Crippen LogP contribution in [0.25, 0.3) is 5.57 Å². The van der Waals surface area contributed by atoms with Crippen molar-refractivity contribution < 1.29 is 39.0 Å². The summed E-state index contributed by atoms with van der Waals surface area (Å²) in [5, 5.41) is 0. The highest BCUT2D eigenvalue weighted by atomic mass is 79.9. The molecule has 2 bridgehead atoms. The summed E-state index contributed by atoms with van der Waals surface area (Å²) in [6.45, 7) is 0. The maximum atomic E-state index is 13.9. The average Bonchev–Trinajstić information content (AvgIpc) is 2.76. The largest absolute Gasteiger partial charge is 1.00 e. The Morgan fingerprint density at radius 2 is 1.14 bits per heavy atom. The molecular weight excluding hydrogens is 446 g/mol. The molecule has 3 atom stereocenters. The van der Waals surface area contributed by atoms with E-state index < -0.39 is 23.3 Å². The smallest absolute Gasteiger partial charge is 0.126 e. The Bertz CT molecular complexity index is 830. The van der Waals surface area contributed by atoms with E-state index in [-0.39, 0.29) is 22.9 Å². The van der Waals surface area contributed by atoms with E-state index in [1.165, 1.54) is 37.1 Å². The van der Waals surface area contributed by atoms with Crippen LogP contribution in [0.4, 0.5) is 17.6 Å². The van der Waals surface area contributed by atoms with Crippen LogP contribution in [0.3, 0.4) is 0 Å². The highest BCUT2D eigenvalue weighted by molar-refractivity contribution is 5.80. The van der Waals surface area contributed by atoms with Gasteiger partial charge >= 0.3 is 0 Å². The quantitative estimate of drug-likeness (QED) is 0.478. The summed E-state index contributed by atoms with van der Waals surface area (Å²) in [6.07, 6.45) is 6.22. The normalized spacial score (nSPS) is 24.7. The molecule has 2 aliphatic heterocycles. The molecule has 156 valence electrons. The zero-order valence-corrected chi connectivity index (χ0v) is 18.0. The fourth-order valence-corrected chi connectivity index (χ4v) is 5.07. The van der Waals surface area contributed by atoms with E-state index in [2.05, 4.69) is 14.1 Å². The summed E-state index contributed by atoms with van der Waals surface area (Å²) in [7, 11) is 4.51. The lowest BCUT2D eigenvalue weighted by Crippen LogP contribution is -3.00. The van der Waals surface area contributed by atoms with Gasteiger partial charge in [0.2, 0.25) is 0 Å². The van der Waals surface area contributed by atoms with Crippen LogP contribution in [0.15, 0.2) is 42.5 Å². The Labute approximate surface area is 179 Å². The average molecular weight is 470 g/mol. The van der Waals surface area contributed by atoms with Crippen LogP contribution in [-0.2, 0) is 0 Å². The van der Waals surface area contributed by atoms with Gasteiger partial charge in [0.15, 0.2) is 0 Å². The van der Waals surface area contributed by atoms with Gasteiger partial charge in [0, 0.05) is 37.8 Å². The summed E-state index contributed by atoms with van der Waals surface area (Å²) in [4.78, 5) is 0. The fraction of sp³-hybridized carbons (Fsp3) is 0.391. The van der Waals surface area contributed by atoms with Crippen LogP contribution in [0.1, 0.15) is 36.8 Å². The molecule has 2 fully saturated rings. The number of nitrogens with zero attached hydrogens (tertiary/aromatic N) is 1. The minimum Gasteiger partial charge on any atom is -1.00 e. The van der Waals surface area contributed by atoms with Crippen LogP contribution in [0, 0.1) is 29.2 Å². The number of benzene rings is 2. The number of fused-ring (bicyclic) bond motifs is 2. The minimum absolute atomic E-state index is 0. The van der Waals surface area contributed by atoms with Crippen molar-refractivity contribution in [2.75, 3.05) is 14.1 Å². The van der Waals surface area contributed by atoms with Gasteiger partial charge in [-0.2, -0.15) is 0 Å². The van der Waals surface area contributed by atoms with Crippen molar-refractivity contribution in [3.05, 3.63) is 76.9 Å². The van der Waals surface area contributed by atoms with Crippen molar-refractivity contribution in [1.82, 2.24) is 0 Å². The summed E-state index contributed by atoms with van der Waals surface area (Å²) in [6, 6.07) is 7.54. The molecule has 29 heavy (non-hydrogen) atoms. The molecule has 0 unspecified atom stereocenters. The SMILES string of the molecule is C[N+]1(C)[C@@H]2CC[C@H]1C[C@@H](C=C(c1cc(F)cc(F)c1)c1cc(F)cc(F)c1)C2.[Br-]. The van der Waals surface area contributed by atoms with Crippen molar-refractivity contribution in [2.24, 2.45) is 5.92 Å². The van der Waals surface area contributed by atoms with Crippen molar-refractivity contribution >= 4 is 5.57 Å². The number of allylic oxidation sites excluding steroid dienone is 1. The van der Waals surface area contributed by atoms with Crippen molar-refractivity contribution in [3.63, 3.8) is 0 Å². The molecule has 0 aliphatic carbocycles. The molecule has 4 rings (SSSR count). The maximum absolute atomic E-state index is 13.9. The van der Waals surface area contributed by atoms with Gasteiger partial charge in [0.05, 0.1) is 26.2 Å². The Balaban J connectivity index is 0.00000240. The molecule has 0 amide bonds. The molecule has 1 nitrogen and oxygen atoms in total. The number of piperidine rings is 1. The Kier molecular flexibility index (Phi) is 6.25. The van der Waals surface area contributed by atoms with Gasteiger partial charge < -0.3 is 21.5 Å². The highest BCUT2D eigenvalue weighted by Crippen LogP contribution is 2.43. The van der Waals surface area contributed by atoms with Crippen LogP contribution in [-0.4, -0.2) is 30.7 Å². The molecule has 0 N–H and O–H groups in total. The zero-order valence-electron chi connectivity index (χ0n) is 16.4. The van der Waals surface area contributed by atoms with Crippen LogP contribution in [0.2, 0.25) is 0 Å². The second-order valence-corrected chi connectivity index (χ2v) is 8.64. The Morgan fingerprint density at radius 3 is 1.52 bits per heavy atom. The number of hydrogen-bond acceptors (Lipinski definition) is 0. The molecule has 2 aromatic rings. The van der Waals surface area contributed by atoms with Gasteiger partial charge in [-0.25, -0.2) is 17.6 Å². The molecule has 2 saturated heterocycles. The second kappa shape index (κ2) is 8.23. The molecule has 2 aliphatic rings. The Morgan fingerprint density at radius 1 is 0.759 bits per heavy atom. The van der Waals surface area contributed by atoms with Crippen LogP contribution in [0.5, 0.6) is 0 Å². The maximum Gasteiger partial charge on any atom is 0.126 e. The predicted molar refractivity (Wildman–Crippen MR) is 101 cm³/mol. The summed E-state index contributed by atoms with van der Waals surface area (Å²) >= 11 is 0. The zero-order chi connectivity index (χ0) is 20.1. The van der Waals surface area contributed by atoms with Crippen LogP contribution < -0.4 is 17.0 Å². The van der Waals surface area contributed by atoms with Crippen molar-refractivity contribution in [1.29, 1.82) is 0 Å². The van der Waals surface area contributed by atoms with Crippen molar-refractivity contribution in [2.45, 2.75) is 37.8 Å². The molecular formula is C23H24BrF4N. The van der Waals surface area contributed by atoms with E-state index in [9.17, 15) is 17.6 Å². The first-order valence-electron chi connectivity index (χ1n) is 9.70. The summed E-state index contributed by atoms with van der Waals surface area (Å²) in [5.74, 6) is -2.63. The first kappa shape index (κ1) is 22.0. The molecule has 6 heteroatoms. The third kappa shape index (κ3) is 4.43. The Hall–Kier alpha value is -1.66. The lowest BCUT2D eigenvalue weighted by molar-refractivity contribution is -0.931. The van der Waals surface area contributed by atoms with E-state index in [0.29, 0.717) is 28.8 Å². The lowest BCUT2D eigenvalue weighted by Gasteiger charge is -2.44. The van der Waals surface area contributed by atoms with E-state index in [1.54, 1.807) is 0 Å². The van der Waals surface area contributed by atoms with Crippen molar-refractivity contribution in [3.8, 4) is 0 Å². The van der Waals surface area contributed by atoms with E-state index >= 15 is 0 Å². The van der Waals surface area contributed by atoms with Gasteiger partial charge in [-0.15, -0.1) is 0 Å². The summed E-state index contributed by atoms with van der Waals surface area (Å²) < 4.78 is 56.4. The number of halogens is 5. The number of rotatable bonds is 3. The molecule has 2 heterocycles. The lowest BCUT2D eigenvalue weighted by atomic mass is 9.85. The monoisotopic (exact) mass is 469 g/mol. The predicted octanol–water partition coefficient (Wildman–Crippen LogP) is 2.70. The van der Waals surface area contributed by atoms with Gasteiger partial charge in [0.1, 0.15) is 23.3 Å². The summed E-state index contributed by atoms with van der Waals surface area (Å²) in [5.41, 5.74) is 1.08. The molecule has 2 aromatic carbocycles. The standard InChI is InChI=1S/C23H24F4N.BrH/c1-28(2)21-3-4-22(28)6-14(5-21)7-23(15-8-17(24)12-18(25)9-15)16-10-19(26)13-20(27)11-16;/h7-14,21-22H,3-6H2,1-2H3;1H/q+1;/p-1/t14-,21+,22-;. The van der Waals surface area contributed by atoms with Gasteiger partial charge in [-0.1, -0.05) is 6.08 Å². The second-order valence-electron chi connectivity index (χ2n) is 8.64. The van der Waals surface area contributed by atoms with Crippen LogP contribution >= 0.6 is 0 Å². The number of quaternary nitrogens is 1. The van der Waals surface area contributed by atoms with E-state index in [0.717, 1.165) is 29.5 Å². The molecule has 0 radical (unpaired) electrons. The third-order valence-corrected chi connectivity index (χ3v) is 6.61. The van der Waals surface area contributed by atoms with Gasteiger partial charge in [-0.3, -0.25) is 0 Å². The third-order valence-electron chi connectivity index (χ3n) is 6.61. The first-order chi connectivity index (χ1) is 13.2. The molecule has 0 saturated carbocycles. The van der Waals surface area contributed by atoms with Gasteiger partial charge in [0.25, 0.3) is 0 Å². The highest BCUT2D eigenvalue weighted by Gasteiger charge is 2.48. The van der Waals surface area contributed by atoms with E-state index in [1.807, 2.05) is 6.08 Å². The number of hydrogen-bond donors (Lipinski definition) is 0. The first-order valence-corrected chi connectivity index (χ1v) is 9.70. The van der Waals surface area contributed by atoms with E-state index in [4.69, 9.17) is 0 Å². The van der Waals surface area contributed by atoms with Gasteiger partial charge in [-0.05, 0) is 46.9 Å². The fourth-order valence-electron chi connectivity index (χ4n) is 5.07. The topological polar surface area (TPSA) is 0 Å². The molecule has 0 aromatic heterocycles. The molecule has 0 spiro atoms.